The van der Waals surface area contributed by atoms with E-state index in [0.717, 1.165) is 11.4 Å². The number of Topliss-reactive ketones (excluding diaryl/α,β-unsaturated/α-hetero) is 1. The lowest BCUT2D eigenvalue weighted by atomic mass is 10.2. The number of aromatic nitrogens is 2. The average molecular weight is 214 g/mol. The second-order valence-electron chi connectivity index (χ2n) is 3.76. The minimum Gasteiger partial charge on any atom is -0.331 e. The van der Waals surface area contributed by atoms with E-state index in [0.29, 0.717) is 13.0 Å². The summed E-state index contributed by atoms with van der Waals surface area (Å²) in [5, 5.41) is 0. The Labute approximate surface area is 94.7 Å². The quantitative estimate of drug-likeness (QED) is 0.783. The van der Waals surface area contributed by atoms with Crippen LogP contribution in [-0.4, -0.2) is 15.3 Å². The van der Waals surface area contributed by atoms with Crippen LogP contribution in [0.3, 0.4) is 0 Å². The van der Waals surface area contributed by atoms with Gasteiger partial charge in [0.15, 0.2) is 0 Å². The monoisotopic (exact) mass is 214 g/mol. The molecule has 2 aromatic rings. The molecule has 0 radical (unpaired) electrons. The van der Waals surface area contributed by atoms with E-state index in [1.807, 2.05) is 41.1 Å². The minimum absolute atomic E-state index is 0.202. The molecule has 3 nitrogen and oxygen atoms in total. The van der Waals surface area contributed by atoms with Gasteiger partial charge >= 0.3 is 0 Å². The number of nitrogens with zero attached hydrogens (tertiary/aromatic N) is 2. The Bertz CT molecular complexity index is 474. The number of rotatable bonds is 4. The summed E-state index contributed by atoms with van der Waals surface area (Å²) < 4.78 is 2.01. The van der Waals surface area contributed by atoms with Crippen LogP contribution in [0.1, 0.15) is 13.3 Å². The van der Waals surface area contributed by atoms with Crippen molar-refractivity contribution in [2.45, 2.75) is 19.9 Å². The first kappa shape index (κ1) is 10.6. The molecule has 0 aliphatic carbocycles. The molecule has 0 saturated heterocycles. The molecule has 0 atom stereocenters. The molecule has 1 aromatic carbocycles. The number of carbonyl (C=O) groups excluding carboxylic acids is 1. The van der Waals surface area contributed by atoms with Crippen LogP contribution in [0.2, 0.25) is 0 Å². The van der Waals surface area contributed by atoms with Gasteiger partial charge in [0.1, 0.15) is 11.6 Å². The lowest BCUT2D eigenvalue weighted by Gasteiger charge is -2.06. The third kappa shape index (κ3) is 2.37. The van der Waals surface area contributed by atoms with Crippen LogP contribution in [0.5, 0.6) is 0 Å². The van der Waals surface area contributed by atoms with Crippen LogP contribution >= 0.6 is 0 Å². The highest BCUT2D eigenvalue weighted by Crippen LogP contribution is 2.16. The molecule has 0 saturated carbocycles. The number of carbonyl (C=O) groups is 1. The standard InChI is InChI=1S/C13H14N2O/c1-11(16)7-9-15-10-8-14-13(15)12-5-3-2-4-6-12/h2-6,8,10H,7,9H2,1H3. The van der Waals surface area contributed by atoms with Gasteiger partial charge in [-0.25, -0.2) is 4.98 Å². The van der Waals surface area contributed by atoms with Gasteiger partial charge in [-0.2, -0.15) is 0 Å². The lowest BCUT2D eigenvalue weighted by Crippen LogP contribution is -2.03. The fourth-order valence-corrected chi connectivity index (χ4v) is 1.62. The molecule has 0 fully saturated rings. The summed E-state index contributed by atoms with van der Waals surface area (Å²) in [7, 11) is 0. The Kier molecular flexibility index (Phi) is 3.15. The van der Waals surface area contributed by atoms with Crippen molar-refractivity contribution in [1.29, 1.82) is 0 Å². The van der Waals surface area contributed by atoms with Crippen molar-refractivity contribution in [3.8, 4) is 11.4 Å². The number of hydrogen-bond donors (Lipinski definition) is 0. The van der Waals surface area contributed by atoms with Crippen molar-refractivity contribution >= 4 is 5.78 Å². The van der Waals surface area contributed by atoms with E-state index < -0.39 is 0 Å². The molecule has 16 heavy (non-hydrogen) atoms. The molecule has 82 valence electrons. The van der Waals surface area contributed by atoms with E-state index in [1.165, 1.54) is 0 Å². The number of benzene rings is 1. The second-order valence-corrected chi connectivity index (χ2v) is 3.76. The molecule has 1 aromatic heterocycles. The summed E-state index contributed by atoms with van der Waals surface area (Å²) in [6, 6.07) is 9.99. The van der Waals surface area contributed by atoms with Crippen LogP contribution in [0, 0.1) is 0 Å². The zero-order chi connectivity index (χ0) is 11.4. The maximum atomic E-state index is 11.0. The van der Waals surface area contributed by atoms with Crippen LogP contribution in [-0.2, 0) is 11.3 Å². The molecule has 0 unspecified atom stereocenters. The fraction of sp³-hybridized carbons (Fsp3) is 0.231. The van der Waals surface area contributed by atoms with E-state index in [4.69, 9.17) is 0 Å². The Morgan fingerprint density at radius 3 is 2.75 bits per heavy atom. The largest absolute Gasteiger partial charge is 0.331 e. The zero-order valence-corrected chi connectivity index (χ0v) is 9.26. The van der Waals surface area contributed by atoms with E-state index in [1.54, 1.807) is 13.1 Å². The summed E-state index contributed by atoms with van der Waals surface area (Å²) in [6.07, 6.45) is 4.23. The van der Waals surface area contributed by atoms with Crippen LogP contribution in [0.4, 0.5) is 0 Å². The first-order valence-electron chi connectivity index (χ1n) is 5.33. The van der Waals surface area contributed by atoms with Crippen molar-refractivity contribution in [1.82, 2.24) is 9.55 Å². The summed E-state index contributed by atoms with van der Waals surface area (Å²) in [5.74, 6) is 1.12. The molecule has 0 spiro atoms. The predicted octanol–water partition coefficient (Wildman–Crippen LogP) is 2.53. The maximum absolute atomic E-state index is 11.0. The van der Waals surface area contributed by atoms with Crippen LogP contribution in [0.25, 0.3) is 11.4 Å². The van der Waals surface area contributed by atoms with Crippen molar-refractivity contribution in [2.75, 3.05) is 0 Å². The van der Waals surface area contributed by atoms with Gasteiger partial charge in [-0.15, -0.1) is 0 Å². The smallest absolute Gasteiger partial charge is 0.139 e. The molecule has 0 bridgehead atoms. The van der Waals surface area contributed by atoms with Gasteiger partial charge < -0.3 is 4.57 Å². The summed E-state index contributed by atoms with van der Waals surface area (Å²) >= 11 is 0. The third-order valence-corrected chi connectivity index (χ3v) is 2.45. The van der Waals surface area contributed by atoms with E-state index in [-0.39, 0.29) is 5.78 Å². The number of aryl methyl sites for hydroxylation is 1. The van der Waals surface area contributed by atoms with Crippen molar-refractivity contribution in [2.24, 2.45) is 0 Å². The molecular formula is C13H14N2O. The number of hydrogen-bond acceptors (Lipinski definition) is 2. The average Bonchev–Trinajstić information content (AvgIpc) is 2.75. The van der Waals surface area contributed by atoms with Crippen LogP contribution < -0.4 is 0 Å². The number of ketones is 1. The highest BCUT2D eigenvalue weighted by atomic mass is 16.1. The lowest BCUT2D eigenvalue weighted by molar-refractivity contribution is -0.117. The van der Waals surface area contributed by atoms with E-state index in [2.05, 4.69) is 4.98 Å². The Morgan fingerprint density at radius 2 is 2.06 bits per heavy atom. The molecule has 3 heteroatoms. The number of imidazole rings is 1. The van der Waals surface area contributed by atoms with Gasteiger partial charge in [-0.05, 0) is 6.92 Å². The van der Waals surface area contributed by atoms with E-state index in [9.17, 15) is 4.79 Å². The normalized spacial score (nSPS) is 10.3. The molecule has 0 N–H and O–H groups in total. The first-order valence-corrected chi connectivity index (χ1v) is 5.33. The summed E-state index contributed by atoms with van der Waals surface area (Å²) in [5.41, 5.74) is 1.08. The third-order valence-electron chi connectivity index (χ3n) is 2.45. The maximum Gasteiger partial charge on any atom is 0.139 e. The van der Waals surface area contributed by atoms with Gasteiger partial charge in [0.05, 0.1) is 0 Å². The second kappa shape index (κ2) is 4.75. The Hall–Kier alpha value is -1.90. The van der Waals surface area contributed by atoms with Gasteiger partial charge in [-0.1, -0.05) is 30.3 Å². The van der Waals surface area contributed by atoms with Crippen LogP contribution in [0.15, 0.2) is 42.7 Å². The van der Waals surface area contributed by atoms with E-state index >= 15 is 0 Å². The molecule has 1 heterocycles. The molecule has 0 aliphatic rings. The minimum atomic E-state index is 0.202. The molecule has 0 aliphatic heterocycles. The molecule has 2 rings (SSSR count). The zero-order valence-electron chi connectivity index (χ0n) is 9.26. The van der Waals surface area contributed by atoms with Crippen molar-refractivity contribution < 1.29 is 4.79 Å². The van der Waals surface area contributed by atoms with Crippen molar-refractivity contribution in [3.63, 3.8) is 0 Å². The van der Waals surface area contributed by atoms with Gasteiger partial charge in [0, 0.05) is 30.9 Å². The topological polar surface area (TPSA) is 34.9 Å². The van der Waals surface area contributed by atoms with Gasteiger partial charge in [0.25, 0.3) is 0 Å². The van der Waals surface area contributed by atoms with Gasteiger partial charge in [-0.3, -0.25) is 4.79 Å². The molecule has 0 amide bonds. The highest BCUT2D eigenvalue weighted by molar-refractivity contribution is 5.75. The summed E-state index contributed by atoms with van der Waals surface area (Å²) in [4.78, 5) is 15.3. The molecular weight excluding hydrogens is 200 g/mol. The first-order chi connectivity index (χ1) is 7.77. The summed E-state index contributed by atoms with van der Waals surface area (Å²) in [6.45, 7) is 2.30. The predicted molar refractivity (Wildman–Crippen MR) is 63.0 cm³/mol. The Balaban J connectivity index is 2.23. The fourth-order valence-electron chi connectivity index (χ4n) is 1.62. The highest BCUT2D eigenvalue weighted by Gasteiger charge is 2.05. The SMILES string of the molecule is CC(=O)CCn1ccnc1-c1ccccc1. The van der Waals surface area contributed by atoms with Gasteiger partial charge in [0.2, 0.25) is 0 Å². The van der Waals surface area contributed by atoms with Crippen molar-refractivity contribution in [3.05, 3.63) is 42.7 Å². The Morgan fingerprint density at radius 1 is 1.31 bits per heavy atom.